The maximum Gasteiger partial charge on any atom is 0.275 e. The van der Waals surface area contributed by atoms with Gasteiger partial charge >= 0.3 is 0 Å². The van der Waals surface area contributed by atoms with Gasteiger partial charge in [0.05, 0.1) is 5.69 Å². The van der Waals surface area contributed by atoms with E-state index in [0.717, 1.165) is 15.0 Å². The van der Waals surface area contributed by atoms with Crippen LogP contribution in [0.3, 0.4) is 0 Å². The van der Waals surface area contributed by atoms with Gasteiger partial charge in [-0.15, -0.1) is 0 Å². The molecule has 21 heavy (non-hydrogen) atoms. The van der Waals surface area contributed by atoms with Crippen LogP contribution in [-0.2, 0) is 15.0 Å². The lowest BCUT2D eigenvalue weighted by atomic mass is 9.87. The number of hydrazine groups is 1. The number of carbonyl (C=O) groups is 2. The van der Waals surface area contributed by atoms with Crippen LogP contribution in [0.1, 0.15) is 40.2 Å². The highest BCUT2D eigenvalue weighted by atomic mass is 79.9. The SMILES string of the molecule is CC1=C(C)C(=O)N(Nc2cc(C(C)(C)C)ccc2Br)C1=O. The fourth-order valence-corrected chi connectivity index (χ4v) is 2.38. The van der Waals surface area contributed by atoms with Crippen molar-refractivity contribution in [2.24, 2.45) is 0 Å². The lowest BCUT2D eigenvalue weighted by Crippen LogP contribution is -2.37. The van der Waals surface area contributed by atoms with Gasteiger partial charge < -0.3 is 0 Å². The Bertz CT molecular complexity index is 633. The highest BCUT2D eigenvalue weighted by molar-refractivity contribution is 9.10. The summed E-state index contributed by atoms with van der Waals surface area (Å²) >= 11 is 3.45. The average Bonchev–Trinajstić information content (AvgIpc) is 2.57. The van der Waals surface area contributed by atoms with E-state index in [0.29, 0.717) is 16.8 Å². The van der Waals surface area contributed by atoms with Gasteiger partial charge in [0.25, 0.3) is 11.8 Å². The van der Waals surface area contributed by atoms with E-state index in [2.05, 4.69) is 42.1 Å². The lowest BCUT2D eigenvalue weighted by molar-refractivity contribution is -0.135. The normalized spacial score (nSPS) is 16.0. The third-order valence-electron chi connectivity index (χ3n) is 3.67. The summed E-state index contributed by atoms with van der Waals surface area (Å²) < 4.78 is 0.804. The van der Waals surface area contributed by atoms with Crippen LogP contribution in [0.15, 0.2) is 33.8 Å². The molecule has 0 bridgehead atoms. The summed E-state index contributed by atoms with van der Waals surface area (Å²) in [5, 5.41) is 1.07. The first-order valence-electron chi connectivity index (χ1n) is 6.76. The monoisotopic (exact) mass is 350 g/mol. The van der Waals surface area contributed by atoms with Crippen molar-refractivity contribution < 1.29 is 9.59 Å². The number of imide groups is 1. The molecule has 1 heterocycles. The number of anilines is 1. The van der Waals surface area contributed by atoms with Crippen LogP contribution in [-0.4, -0.2) is 16.8 Å². The highest BCUT2D eigenvalue weighted by Gasteiger charge is 2.34. The third kappa shape index (κ3) is 2.88. The predicted molar refractivity (Wildman–Crippen MR) is 86.7 cm³/mol. The molecule has 112 valence electrons. The van der Waals surface area contributed by atoms with Crippen molar-refractivity contribution in [3.63, 3.8) is 0 Å². The van der Waals surface area contributed by atoms with E-state index in [1.807, 2.05) is 18.2 Å². The van der Waals surface area contributed by atoms with Crippen molar-refractivity contribution in [3.8, 4) is 0 Å². The van der Waals surface area contributed by atoms with Crippen molar-refractivity contribution in [1.82, 2.24) is 5.01 Å². The molecule has 0 unspecified atom stereocenters. The Balaban J connectivity index is 2.33. The molecule has 2 amide bonds. The van der Waals surface area contributed by atoms with Crippen molar-refractivity contribution >= 4 is 33.4 Å². The summed E-state index contributed by atoms with van der Waals surface area (Å²) in [4.78, 5) is 24.2. The van der Waals surface area contributed by atoms with Gasteiger partial charge in [0, 0.05) is 15.6 Å². The van der Waals surface area contributed by atoms with Gasteiger partial charge in [0.1, 0.15) is 0 Å². The standard InChI is InChI=1S/C16H19BrN2O2/c1-9-10(2)15(21)19(14(9)20)18-13-8-11(16(3,4)5)6-7-12(13)17/h6-8,18H,1-5H3. The molecule has 1 aromatic carbocycles. The van der Waals surface area contributed by atoms with Gasteiger partial charge in [0.15, 0.2) is 0 Å². The first-order chi connectivity index (χ1) is 9.62. The van der Waals surface area contributed by atoms with Gasteiger partial charge in [-0.25, -0.2) is 0 Å². The second kappa shape index (κ2) is 5.30. The summed E-state index contributed by atoms with van der Waals surface area (Å²) in [7, 11) is 0. The molecule has 1 N–H and O–H groups in total. The topological polar surface area (TPSA) is 49.4 Å². The summed E-state index contributed by atoms with van der Waals surface area (Å²) in [6.07, 6.45) is 0. The lowest BCUT2D eigenvalue weighted by Gasteiger charge is -2.23. The number of halogens is 1. The van der Waals surface area contributed by atoms with Crippen LogP contribution >= 0.6 is 15.9 Å². The molecule has 1 aliphatic rings. The zero-order chi connectivity index (χ0) is 15.9. The number of benzene rings is 1. The number of rotatable bonds is 2. The Morgan fingerprint density at radius 3 is 2.05 bits per heavy atom. The van der Waals surface area contributed by atoms with Crippen molar-refractivity contribution in [2.75, 3.05) is 5.43 Å². The fourth-order valence-electron chi connectivity index (χ4n) is 2.05. The third-order valence-corrected chi connectivity index (χ3v) is 4.37. The van der Waals surface area contributed by atoms with Gasteiger partial charge in [-0.2, -0.15) is 5.01 Å². The van der Waals surface area contributed by atoms with Gasteiger partial charge in [-0.1, -0.05) is 26.8 Å². The number of carbonyl (C=O) groups excluding carboxylic acids is 2. The molecule has 0 fully saturated rings. The van der Waals surface area contributed by atoms with Crippen molar-refractivity contribution in [2.45, 2.75) is 40.0 Å². The summed E-state index contributed by atoms with van der Waals surface area (Å²) in [6.45, 7) is 9.67. The molecular formula is C16H19BrN2O2. The molecule has 1 aliphatic heterocycles. The van der Waals surface area contributed by atoms with E-state index in [1.165, 1.54) is 0 Å². The van der Waals surface area contributed by atoms with Crippen LogP contribution < -0.4 is 5.43 Å². The van der Waals surface area contributed by atoms with Gasteiger partial charge in [-0.3, -0.25) is 15.0 Å². The molecule has 5 heteroatoms. The molecule has 0 aromatic heterocycles. The second-order valence-corrected chi connectivity index (χ2v) is 7.11. The van der Waals surface area contributed by atoms with E-state index < -0.39 is 0 Å². The smallest absolute Gasteiger partial charge is 0.275 e. The van der Waals surface area contributed by atoms with E-state index in [-0.39, 0.29) is 17.2 Å². The molecular weight excluding hydrogens is 332 g/mol. The molecule has 0 radical (unpaired) electrons. The molecule has 4 nitrogen and oxygen atoms in total. The molecule has 0 atom stereocenters. The Labute approximate surface area is 133 Å². The quantitative estimate of drug-likeness (QED) is 0.825. The Morgan fingerprint density at radius 2 is 1.57 bits per heavy atom. The highest BCUT2D eigenvalue weighted by Crippen LogP contribution is 2.31. The van der Waals surface area contributed by atoms with E-state index in [1.54, 1.807) is 13.8 Å². The largest absolute Gasteiger partial charge is 0.287 e. The van der Waals surface area contributed by atoms with E-state index >= 15 is 0 Å². The maximum absolute atomic E-state index is 12.1. The molecule has 2 rings (SSSR count). The fraction of sp³-hybridized carbons (Fsp3) is 0.375. The van der Waals surface area contributed by atoms with Gasteiger partial charge in [-0.05, 0) is 52.9 Å². The van der Waals surface area contributed by atoms with Crippen LogP contribution in [0.2, 0.25) is 0 Å². The first-order valence-corrected chi connectivity index (χ1v) is 7.55. The average molecular weight is 351 g/mol. The zero-order valence-corrected chi connectivity index (χ0v) is 14.5. The minimum absolute atomic E-state index is 0.0137. The minimum Gasteiger partial charge on any atom is -0.287 e. The minimum atomic E-state index is -0.300. The molecule has 0 saturated heterocycles. The van der Waals surface area contributed by atoms with Crippen LogP contribution in [0, 0.1) is 0 Å². The number of amides is 2. The number of hydrogen-bond acceptors (Lipinski definition) is 3. The molecule has 0 aliphatic carbocycles. The number of hydrogen-bond donors (Lipinski definition) is 1. The first kappa shape index (κ1) is 15.8. The summed E-state index contributed by atoms with van der Waals surface area (Å²) in [5.74, 6) is -0.601. The van der Waals surface area contributed by atoms with Gasteiger partial charge in [0.2, 0.25) is 0 Å². The predicted octanol–water partition coefficient (Wildman–Crippen LogP) is 3.78. The number of nitrogens with zero attached hydrogens (tertiary/aromatic N) is 1. The molecule has 0 spiro atoms. The van der Waals surface area contributed by atoms with E-state index in [9.17, 15) is 9.59 Å². The molecule has 1 aromatic rings. The van der Waals surface area contributed by atoms with Crippen LogP contribution in [0.5, 0.6) is 0 Å². The Hall–Kier alpha value is -1.62. The zero-order valence-electron chi connectivity index (χ0n) is 12.9. The maximum atomic E-state index is 12.1. The van der Waals surface area contributed by atoms with E-state index in [4.69, 9.17) is 0 Å². The van der Waals surface area contributed by atoms with Crippen LogP contribution in [0.25, 0.3) is 0 Å². The molecule has 0 saturated carbocycles. The van der Waals surface area contributed by atoms with Crippen LogP contribution in [0.4, 0.5) is 5.69 Å². The number of nitrogens with one attached hydrogen (secondary N) is 1. The summed E-state index contributed by atoms with van der Waals surface area (Å²) in [5.41, 5.74) is 5.70. The second-order valence-electron chi connectivity index (χ2n) is 6.25. The van der Waals surface area contributed by atoms with Crippen molar-refractivity contribution in [3.05, 3.63) is 39.4 Å². The van der Waals surface area contributed by atoms with Crippen molar-refractivity contribution in [1.29, 1.82) is 0 Å². The Kier molecular flexibility index (Phi) is 3.97. The Morgan fingerprint density at radius 1 is 1.05 bits per heavy atom. The summed E-state index contributed by atoms with van der Waals surface area (Å²) in [6, 6.07) is 5.90.